The van der Waals surface area contributed by atoms with Crippen LogP contribution in [-0.4, -0.2) is 24.1 Å². The zero-order chi connectivity index (χ0) is 24.1. The normalized spacial score (nSPS) is 12.7. The summed E-state index contributed by atoms with van der Waals surface area (Å²) in [6.07, 6.45) is 7.85. The third kappa shape index (κ3) is 9.03. The Morgan fingerprint density at radius 3 is 1.30 bits per heavy atom. The summed E-state index contributed by atoms with van der Waals surface area (Å²) in [5, 5.41) is 0. The fourth-order valence-corrected chi connectivity index (χ4v) is 3.71. The number of carbonyl (C=O) groups excluding carboxylic acids is 2. The molecule has 180 valence electrons. The second kappa shape index (κ2) is 14.5. The van der Waals surface area contributed by atoms with Crippen molar-refractivity contribution in [3.8, 4) is 0 Å². The first-order valence-electron chi connectivity index (χ1n) is 12.6. The number of rotatable bonds is 14. The Morgan fingerprint density at radius 1 is 0.636 bits per heavy atom. The molecule has 2 aromatic rings. The maximum atomic E-state index is 12.6. The Balaban J connectivity index is 1.91. The van der Waals surface area contributed by atoms with E-state index in [1.165, 1.54) is 11.1 Å². The van der Waals surface area contributed by atoms with Crippen LogP contribution in [0, 0.1) is 0 Å². The van der Waals surface area contributed by atoms with Crippen molar-refractivity contribution >= 4 is 11.9 Å². The van der Waals surface area contributed by atoms with Crippen LogP contribution in [-0.2, 0) is 22.3 Å². The maximum Gasteiger partial charge on any atom is 0.338 e. The molecule has 33 heavy (non-hydrogen) atoms. The molecule has 2 aromatic carbocycles. The van der Waals surface area contributed by atoms with E-state index in [9.17, 15) is 9.59 Å². The van der Waals surface area contributed by atoms with Gasteiger partial charge in [0, 0.05) is 6.42 Å². The van der Waals surface area contributed by atoms with Crippen molar-refractivity contribution in [2.75, 3.05) is 0 Å². The SMILES string of the molecule is CCCCc1ccc(C(=O)O[C@H](CC)C[C@H](CC)OC(=O)c2ccc(CCCC)cc2)cc1. The van der Waals surface area contributed by atoms with Gasteiger partial charge in [-0.25, -0.2) is 9.59 Å². The molecule has 0 aromatic heterocycles. The van der Waals surface area contributed by atoms with E-state index in [2.05, 4.69) is 13.8 Å². The lowest BCUT2D eigenvalue weighted by molar-refractivity contribution is -0.00188. The number of esters is 2. The van der Waals surface area contributed by atoms with Gasteiger partial charge >= 0.3 is 11.9 Å². The molecule has 0 unspecified atom stereocenters. The first-order chi connectivity index (χ1) is 16.0. The Morgan fingerprint density at radius 2 is 1.00 bits per heavy atom. The van der Waals surface area contributed by atoms with Crippen molar-refractivity contribution in [2.45, 2.75) is 97.7 Å². The van der Waals surface area contributed by atoms with Crippen LogP contribution in [0.1, 0.15) is 104 Å². The summed E-state index contributed by atoms with van der Waals surface area (Å²) in [6.45, 7) is 8.30. The second-order valence-corrected chi connectivity index (χ2v) is 8.71. The quantitative estimate of drug-likeness (QED) is 0.282. The molecule has 0 N–H and O–H groups in total. The summed E-state index contributed by atoms with van der Waals surface area (Å²) in [4.78, 5) is 25.3. The number of aryl methyl sites for hydroxylation is 2. The lowest BCUT2D eigenvalue weighted by atomic mass is 10.1. The maximum absolute atomic E-state index is 12.6. The minimum absolute atomic E-state index is 0.300. The van der Waals surface area contributed by atoms with Crippen molar-refractivity contribution in [3.05, 3.63) is 70.8 Å². The number of hydrogen-bond acceptors (Lipinski definition) is 4. The van der Waals surface area contributed by atoms with Gasteiger partial charge in [-0.1, -0.05) is 64.8 Å². The fraction of sp³-hybridized carbons (Fsp3) is 0.517. The van der Waals surface area contributed by atoms with Crippen molar-refractivity contribution in [1.29, 1.82) is 0 Å². The topological polar surface area (TPSA) is 52.6 Å². The number of hydrogen-bond donors (Lipinski definition) is 0. The van der Waals surface area contributed by atoms with Gasteiger partial charge in [0.2, 0.25) is 0 Å². The van der Waals surface area contributed by atoms with Gasteiger partial charge in [0.05, 0.1) is 11.1 Å². The van der Waals surface area contributed by atoms with Crippen LogP contribution in [0.2, 0.25) is 0 Å². The van der Waals surface area contributed by atoms with E-state index in [0.29, 0.717) is 30.4 Å². The number of unbranched alkanes of at least 4 members (excludes halogenated alkanes) is 2. The van der Waals surface area contributed by atoms with Crippen LogP contribution in [0.25, 0.3) is 0 Å². The summed E-state index contributed by atoms with van der Waals surface area (Å²) in [7, 11) is 0. The molecule has 0 amide bonds. The van der Waals surface area contributed by atoms with Crippen LogP contribution in [0.3, 0.4) is 0 Å². The van der Waals surface area contributed by atoms with Crippen LogP contribution >= 0.6 is 0 Å². The monoisotopic (exact) mass is 452 g/mol. The Kier molecular flexibility index (Phi) is 11.7. The smallest absolute Gasteiger partial charge is 0.338 e. The zero-order valence-electron chi connectivity index (χ0n) is 20.8. The molecule has 0 fully saturated rings. The van der Waals surface area contributed by atoms with Crippen molar-refractivity contribution < 1.29 is 19.1 Å². The molecule has 2 rings (SSSR count). The first-order valence-corrected chi connectivity index (χ1v) is 12.6. The standard InChI is InChI=1S/C29H40O4/c1-5-9-11-22-13-17-24(18-14-22)28(30)32-26(7-3)21-27(8-4)33-29(31)25-19-15-23(16-20-25)12-10-6-2/h13-20,26-27H,5-12,21H2,1-4H3/t26-,27+. The second-order valence-electron chi connectivity index (χ2n) is 8.71. The fourth-order valence-electron chi connectivity index (χ4n) is 3.71. The van der Waals surface area contributed by atoms with Gasteiger partial charge in [-0.15, -0.1) is 0 Å². The van der Waals surface area contributed by atoms with Gasteiger partial charge in [-0.3, -0.25) is 0 Å². The summed E-state index contributed by atoms with van der Waals surface area (Å²) < 4.78 is 11.5. The molecule has 0 aliphatic rings. The van der Waals surface area contributed by atoms with E-state index in [-0.39, 0.29) is 24.1 Å². The lowest BCUT2D eigenvalue weighted by Gasteiger charge is -2.22. The summed E-state index contributed by atoms with van der Waals surface area (Å²) >= 11 is 0. The van der Waals surface area contributed by atoms with Crippen LogP contribution < -0.4 is 0 Å². The number of ether oxygens (including phenoxy) is 2. The Labute approximate surface area is 199 Å². The van der Waals surface area contributed by atoms with Crippen molar-refractivity contribution in [2.24, 2.45) is 0 Å². The molecule has 0 aliphatic heterocycles. The highest BCUT2D eigenvalue weighted by molar-refractivity contribution is 5.90. The van der Waals surface area contributed by atoms with Crippen LogP contribution in [0.5, 0.6) is 0 Å². The molecule has 0 saturated heterocycles. The van der Waals surface area contributed by atoms with Crippen molar-refractivity contribution in [3.63, 3.8) is 0 Å². The van der Waals surface area contributed by atoms with E-state index in [1.54, 1.807) is 0 Å². The summed E-state index contributed by atoms with van der Waals surface area (Å²) in [5.41, 5.74) is 3.58. The largest absolute Gasteiger partial charge is 0.459 e. The zero-order valence-corrected chi connectivity index (χ0v) is 20.8. The first kappa shape index (κ1) is 26.6. The van der Waals surface area contributed by atoms with E-state index >= 15 is 0 Å². The molecule has 0 heterocycles. The molecule has 4 heteroatoms. The molecule has 4 nitrogen and oxygen atoms in total. The summed E-state index contributed by atoms with van der Waals surface area (Å²) in [6, 6.07) is 15.3. The minimum atomic E-state index is -0.326. The molecular weight excluding hydrogens is 412 g/mol. The molecular formula is C29H40O4. The third-order valence-electron chi connectivity index (χ3n) is 6.00. The highest BCUT2D eigenvalue weighted by Crippen LogP contribution is 2.18. The Bertz CT molecular complexity index is 767. The lowest BCUT2D eigenvalue weighted by Crippen LogP contribution is -2.27. The van der Waals surface area contributed by atoms with E-state index < -0.39 is 0 Å². The molecule has 0 spiro atoms. The van der Waals surface area contributed by atoms with E-state index in [0.717, 1.165) is 38.5 Å². The highest BCUT2D eigenvalue weighted by atomic mass is 16.6. The molecule has 0 bridgehead atoms. The number of carbonyl (C=O) groups is 2. The highest BCUT2D eigenvalue weighted by Gasteiger charge is 2.22. The van der Waals surface area contributed by atoms with Gasteiger partial charge in [-0.2, -0.15) is 0 Å². The van der Waals surface area contributed by atoms with Gasteiger partial charge < -0.3 is 9.47 Å². The minimum Gasteiger partial charge on any atom is -0.459 e. The van der Waals surface area contributed by atoms with Crippen LogP contribution in [0.15, 0.2) is 48.5 Å². The third-order valence-corrected chi connectivity index (χ3v) is 6.00. The molecule has 0 aliphatic carbocycles. The molecule has 2 atom stereocenters. The van der Waals surface area contributed by atoms with Gasteiger partial charge in [0.15, 0.2) is 0 Å². The predicted octanol–water partition coefficient (Wildman–Crippen LogP) is 7.33. The summed E-state index contributed by atoms with van der Waals surface area (Å²) in [5.74, 6) is -0.652. The van der Waals surface area contributed by atoms with Gasteiger partial charge in [-0.05, 0) is 73.9 Å². The average Bonchev–Trinajstić information content (AvgIpc) is 2.85. The number of benzene rings is 2. The van der Waals surface area contributed by atoms with Gasteiger partial charge in [0.25, 0.3) is 0 Å². The van der Waals surface area contributed by atoms with E-state index in [1.807, 2.05) is 62.4 Å². The Hall–Kier alpha value is -2.62. The molecule has 0 radical (unpaired) electrons. The average molecular weight is 453 g/mol. The van der Waals surface area contributed by atoms with Crippen LogP contribution in [0.4, 0.5) is 0 Å². The van der Waals surface area contributed by atoms with Gasteiger partial charge in [0.1, 0.15) is 12.2 Å². The van der Waals surface area contributed by atoms with Crippen molar-refractivity contribution in [1.82, 2.24) is 0 Å². The predicted molar refractivity (Wildman–Crippen MR) is 134 cm³/mol. The van der Waals surface area contributed by atoms with E-state index in [4.69, 9.17) is 9.47 Å². The molecule has 0 saturated carbocycles.